The molecule has 11 nitrogen and oxygen atoms in total. The van der Waals surface area contributed by atoms with Crippen molar-refractivity contribution in [3.05, 3.63) is 54.6 Å². The Kier molecular flexibility index (Phi) is 6.44. The molecule has 0 bridgehead atoms. The molecule has 0 aliphatic carbocycles. The van der Waals surface area contributed by atoms with E-state index in [2.05, 4.69) is 20.9 Å². The summed E-state index contributed by atoms with van der Waals surface area (Å²) in [5.41, 5.74) is 13.0. The van der Waals surface area contributed by atoms with Crippen LogP contribution in [0.4, 0.5) is 5.95 Å². The molecule has 0 radical (unpaired) electrons. The zero-order valence-electron chi connectivity index (χ0n) is 19.6. The first-order chi connectivity index (χ1) is 17.5. The lowest BCUT2D eigenvalue weighted by Gasteiger charge is -2.30. The van der Waals surface area contributed by atoms with Crippen LogP contribution in [0.2, 0.25) is 0 Å². The molecule has 4 aromatic rings. The number of piperidine rings is 1. The normalized spacial score (nSPS) is 14.2. The minimum atomic E-state index is -0.359. The minimum absolute atomic E-state index is 0.00489. The monoisotopic (exact) mass is 486 g/mol. The molecule has 36 heavy (non-hydrogen) atoms. The van der Waals surface area contributed by atoms with E-state index >= 15 is 0 Å². The van der Waals surface area contributed by atoms with Crippen LogP contribution in [0.25, 0.3) is 27.9 Å². The van der Waals surface area contributed by atoms with E-state index in [-0.39, 0.29) is 36.5 Å². The van der Waals surface area contributed by atoms with Crippen LogP contribution >= 0.6 is 0 Å². The molecule has 11 heteroatoms. The second kappa shape index (κ2) is 9.98. The number of fused-ring (bicyclic) bond motifs is 3. The minimum Gasteiger partial charge on any atom is -0.369 e. The summed E-state index contributed by atoms with van der Waals surface area (Å²) in [6.45, 7) is 0.947. The molecule has 184 valence electrons. The number of carbonyl (C=O) groups excluding carboxylic acids is 3. The number of nitrogens with zero attached hydrogens (tertiary/aromatic N) is 5. The van der Waals surface area contributed by atoms with E-state index in [1.807, 2.05) is 54.6 Å². The molecular weight excluding hydrogens is 460 g/mol. The molecule has 5 rings (SSSR count). The molecule has 0 atom stereocenters. The van der Waals surface area contributed by atoms with E-state index in [0.717, 1.165) is 10.9 Å². The number of nitrogens with one attached hydrogen (secondary N) is 2. The zero-order chi connectivity index (χ0) is 25.1. The third-order valence-corrected chi connectivity index (χ3v) is 6.34. The van der Waals surface area contributed by atoms with Crippen LogP contribution in [0.1, 0.15) is 25.7 Å². The lowest BCUT2D eigenvalue weighted by molar-refractivity contribution is -0.136. The van der Waals surface area contributed by atoms with Gasteiger partial charge in [-0.3, -0.25) is 25.2 Å². The predicted molar refractivity (Wildman–Crippen MR) is 133 cm³/mol. The number of hydrogen-bond donors (Lipinski definition) is 3. The SMILES string of the molecule is NC(=O)C1CCN(C(=O)CCC(=O)NNc2nc3ccccc3c3nc(-c4ccccc4)nn23)CC1. The summed E-state index contributed by atoms with van der Waals surface area (Å²) in [5, 5.41) is 5.43. The van der Waals surface area contributed by atoms with Gasteiger partial charge >= 0.3 is 0 Å². The fraction of sp³-hybridized carbons (Fsp3) is 0.280. The molecule has 0 unspecified atom stereocenters. The van der Waals surface area contributed by atoms with Crippen molar-refractivity contribution in [2.24, 2.45) is 11.7 Å². The molecule has 4 N–H and O–H groups in total. The number of anilines is 1. The molecule has 1 saturated heterocycles. The molecule has 0 spiro atoms. The van der Waals surface area contributed by atoms with Crippen molar-refractivity contribution in [2.45, 2.75) is 25.7 Å². The molecule has 2 aromatic carbocycles. The van der Waals surface area contributed by atoms with E-state index in [1.165, 1.54) is 0 Å². The van der Waals surface area contributed by atoms with Gasteiger partial charge in [0.25, 0.3) is 0 Å². The third-order valence-electron chi connectivity index (χ3n) is 6.34. The van der Waals surface area contributed by atoms with Crippen LogP contribution in [0, 0.1) is 5.92 Å². The van der Waals surface area contributed by atoms with E-state index in [9.17, 15) is 14.4 Å². The van der Waals surface area contributed by atoms with Gasteiger partial charge in [0.1, 0.15) is 0 Å². The summed E-state index contributed by atoms with van der Waals surface area (Å²) in [5.74, 6) is -0.162. The third kappa shape index (κ3) is 4.81. The van der Waals surface area contributed by atoms with E-state index in [4.69, 9.17) is 10.7 Å². The molecule has 3 amide bonds. The van der Waals surface area contributed by atoms with E-state index in [1.54, 1.807) is 9.42 Å². The molecule has 3 heterocycles. The first kappa shape index (κ1) is 23.2. The highest BCUT2D eigenvalue weighted by Gasteiger charge is 2.26. The van der Waals surface area contributed by atoms with Crippen molar-refractivity contribution in [1.29, 1.82) is 0 Å². The number of benzene rings is 2. The number of nitrogens with two attached hydrogens (primary N) is 1. The van der Waals surface area contributed by atoms with Crippen LogP contribution in [-0.4, -0.2) is 55.3 Å². The van der Waals surface area contributed by atoms with Gasteiger partial charge in [0, 0.05) is 42.8 Å². The number of likely N-dealkylation sites (tertiary alicyclic amines) is 1. The number of primary amides is 1. The summed E-state index contributed by atoms with van der Waals surface area (Å²) in [6, 6.07) is 17.2. The number of para-hydroxylation sites is 1. The number of aromatic nitrogens is 4. The molecule has 1 fully saturated rings. The highest BCUT2D eigenvalue weighted by Crippen LogP contribution is 2.24. The fourth-order valence-electron chi connectivity index (χ4n) is 4.33. The van der Waals surface area contributed by atoms with Crippen molar-refractivity contribution < 1.29 is 14.4 Å². The summed E-state index contributed by atoms with van der Waals surface area (Å²) < 4.78 is 1.55. The Balaban J connectivity index is 1.26. The van der Waals surface area contributed by atoms with Gasteiger partial charge in [0.15, 0.2) is 11.5 Å². The Morgan fingerprint density at radius 1 is 0.944 bits per heavy atom. The smallest absolute Gasteiger partial charge is 0.245 e. The topological polar surface area (TPSA) is 148 Å². The average molecular weight is 487 g/mol. The summed E-state index contributed by atoms with van der Waals surface area (Å²) in [6.07, 6.45) is 1.18. The molecular formula is C25H26N8O3. The second-order valence-corrected chi connectivity index (χ2v) is 8.72. The molecule has 1 aliphatic heterocycles. The quantitative estimate of drug-likeness (QED) is 0.338. The van der Waals surface area contributed by atoms with Crippen LogP contribution in [0.15, 0.2) is 54.6 Å². The second-order valence-electron chi connectivity index (χ2n) is 8.72. The maximum atomic E-state index is 12.5. The lowest BCUT2D eigenvalue weighted by Crippen LogP contribution is -2.42. The van der Waals surface area contributed by atoms with Crippen molar-refractivity contribution >= 4 is 40.2 Å². The van der Waals surface area contributed by atoms with Crippen molar-refractivity contribution in [3.8, 4) is 11.4 Å². The van der Waals surface area contributed by atoms with Crippen LogP contribution < -0.4 is 16.6 Å². The maximum absolute atomic E-state index is 12.5. The number of carbonyl (C=O) groups is 3. The Bertz CT molecular complexity index is 1430. The Labute approximate surface area is 206 Å². The van der Waals surface area contributed by atoms with Gasteiger partial charge < -0.3 is 10.6 Å². The van der Waals surface area contributed by atoms with Gasteiger partial charge in [-0.25, -0.2) is 9.97 Å². The molecule has 0 saturated carbocycles. The van der Waals surface area contributed by atoms with Gasteiger partial charge in [0.05, 0.1) is 5.52 Å². The first-order valence-electron chi connectivity index (χ1n) is 11.8. The Morgan fingerprint density at radius 2 is 1.67 bits per heavy atom. The fourth-order valence-corrected chi connectivity index (χ4v) is 4.33. The zero-order valence-corrected chi connectivity index (χ0v) is 19.6. The van der Waals surface area contributed by atoms with E-state index < -0.39 is 0 Å². The van der Waals surface area contributed by atoms with Crippen LogP contribution in [0.5, 0.6) is 0 Å². The maximum Gasteiger partial charge on any atom is 0.245 e. The molecule has 2 aromatic heterocycles. The number of hydrogen-bond acceptors (Lipinski definition) is 7. The first-order valence-corrected chi connectivity index (χ1v) is 11.8. The highest BCUT2D eigenvalue weighted by molar-refractivity contribution is 5.93. The predicted octanol–water partition coefficient (Wildman–Crippen LogP) is 1.89. The Hall–Kier alpha value is -4.54. The number of amides is 3. The highest BCUT2D eigenvalue weighted by atomic mass is 16.2. The van der Waals surface area contributed by atoms with Crippen molar-refractivity contribution in [2.75, 3.05) is 18.5 Å². The summed E-state index contributed by atoms with van der Waals surface area (Å²) in [4.78, 5) is 47.3. The van der Waals surface area contributed by atoms with Gasteiger partial charge in [0.2, 0.25) is 23.7 Å². The van der Waals surface area contributed by atoms with Crippen molar-refractivity contribution in [1.82, 2.24) is 29.9 Å². The van der Waals surface area contributed by atoms with Crippen LogP contribution in [0.3, 0.4) is 0 Å². The average Bonchev–Trinajstić information content (AvgIpc) is 3.37. The van der Waals surface area contributed by atoms with Gasteiger partial charge in [-0.2, -0.15) is 4.52 Å². The van der Waals surface area contributed by atoms with E-state index in [0.29, 0.717) is 48.9 Å². The van der Waals surface area contributed by atoms with Gasteiger partial charge in [-0.15, -0.1) is 5.10 Å². The summed E-state index contributed by atoms with van der Waals surface area (Å²) >= 11 is 0. The summed E-state index contributed by atoms with van der Waals surface area (Å²) in [7, 11) is 0. The van der Waals surface area contributed by atoms with Gasteiger partial charge in [-0.1, -0.05) is 42.5 Å². The standard InChI is InChI=1S/C25H26N8O3/c26-22(36)16-12-14-32(15-13-16)21(35)11-10-20(34)29-30-25-27-19-9-5-4-8-18(19)24-28-23(31-33(24)25)17-6-2-1-3-7-17/h1-9,16H,10-15H2,(H2,26,36)(H,27,30)(H,29,34). The molecule has 1 aliphatic rings. The largest absolute Gasteiger partial charge is 0.369 e. The lowest BCUT2D eigenvalue weighted by atomic mass is 9.96. The number of hydrazine groups is 1. The number of rotatable bonds is 7. The Morgan fingerprint density at radius 3 is 2.42 bits per heavy atom. The van der Waals surface area contributed by atoms with Gasteiger partial charge in [-0.05, 0) is 25.0 Å². The van der Waals surface area contributed by atoms with Crippen molar-refractivity contribution in [3.63, 3.8) is 0 Å². The van der Waals surface area contributed by atoms with Crippen LogP contribution in [-0.2, 0) is 14.4 Å².